The molecule has 0 spiro atoms. The van der Waals surface area contributed by atoms with Crippen LogP contribution in [0.15, 0.2) is 29.4 Å². The molecule has 3 rings (SSSR count). The predicted molar refractivity (Wildman–Crippen MR) is 115 cm³/mol. The van der Waals surface area contributed by atoms with Crippen LogP contribution in [0.1, 0.15) is 68.6 Å². The van der Waals surface area contributed by atoms with Gasteiger partial charge in [-0.15, -0.1) is 10.2 Å². The quantitative estimate of drug-likeness (QED) is 0.386. The number of benzene rings is 1. The van der Waals surface area contributed by atoms with Crippen molar-refractivity contribution in [3.8, 4) is 0 Å². The van der Waals surface area contributed by atoms with Crippen molar-refractivity contribution < 1.29 is 9.59 Å². The number of anilines is 1. The Bertz CT molecular complexity index is 861. The van der Waals surface area contributed by atoms with Gasteiger partial charge in [-0.3, -0.25) is 9.59 Å². The first-order valence-electron chi connectivity index (χ1n) is 10.2. The number of nitrogens with one attached hydrogen (secondary N) is 1. The average Bonchev–Trinajstić information content (AvgIpc) is 3.06. The molecule has 0 unspecified atom stereocenters. The highest BCUT2D eigenvalue weighted by atomic mass is 32.2. The fourth-order valence-electron chi connectivity index (χ4n) is 3.71. The molecule has 29 heavy (non-hydrogen) atoms. The fourth-order valence-corrected chi connectivity index (χ4v) is 4.50. The van der Waals surface area contributed by atoms with Crippen molar-refractivity contribution in [2.75, 3.05) is 11.2 Å². The number of amides is 1. The molecule has 1 saturated carbocycles. The van der Waals surface area contributed by atoms with Crippen molar-refractivity contribution in [3.63, 3.8) is 0 Å². The molecule has 7 nitrogen and oxygen atoms in total. The van der Waals surface area contributed by atoms with Crippen LogP contribution in [0, 0.1) is 5.92 Å². The summed E-state index contributed by atoms with van der Waals surface area (Å²) >= 11 is 1.26. The van der Waals surface area contributed by atoms with E-state index in [0.717, 1.165) is 24.6 Å². The molecule has 8 heteroatoms. The Morgan fingerprint density at radius 1 is 1.24 bits per heavy atom. The zero-order chi connectivity index (χ0) is 20.8. The van der Waals surface area contributed by atoms with Gasteiger partial charge in [0, 0.05) is 12.0 Å². The fraction of sp³-hybridized carbons (Fsp3) is 0.524. The third-order valence-electron chi connectivity index (χ3n) is 5.45. The molecule has 0 radical (unpaired) electrons. The summed E-state index contributed by atoms with van der Waals surface area (Å²) in [6, 6.07) is 6.98. The van der Waals surface area contributed by atoms with Crippen molar-refractivity contribution in [1.29, 1.82) is 0 Å². The first-order valence-corrected chi connectivity index (χ1v) is 11.1. The Kier molecular flexibility index (Phi) is 7.30. The molecule has 3 N–H and O–H groups in total. The number of nitrogen functional groups attached to an aromatic ring is 1. The van der Waals surface area contributed by atoms with Gasteiger partial charge in [0.15, 0.2) is 11.6 Å². The van der Waals surface area contributed by atoms with Gasteiger partial charge in [0.1, 0.15) is 0 Å². The van der Waals surface area contributed by atoms with E-state index in [0.29, 0.717) is 16.4 Å². The largest absolute Gasteiger partial charge is 0.336 e. The number of nitrogens with two attached hydrogens (primary N) is 1. The van der Waals surface area contributed by atoms with E-state index in [1.54, 1.807) is 31.2 Å². The van der Waals surface area contributed by atoms with Crippen molar-refractivity contribution in [1.82, 2.24) is 14.9 Å². The highest BCUT2D eigenvalue weighted by Crippen LogP contribution is 2.28. The minimum atomic E-state index is -0.437. The number of ketones is 1. The van der Waals surface area contributed by atoms with E-state index in [1.807, 2.05) is 0 Å². The summed E-state index contributed by atoms with van der Waals surface area (Å²) in [5.74, 6) is 7.38. The number of aryl methyl sites for hydroxylation is 1. The first-order chi connectivity index (χ1) is 14.0. The van der Waals surface area contributed by atoms with Gasteiger partial charge in [-0.1, -0.05) is 56.0 Å². The Hall–Kier alpha value is -2.35. The van der Waals surface area contributed by atoms with Gasteiger partial charge in [0.2, 0.25) is 11.1 Å². The second-order valence-electron chi connectivity index (χ2n) is 7.66. The van der Waals surface area contributed by atoms with Crippen LogP contribution in [0.3, 0.4) is 0 Å². The van der Waals surface area contributed by atoms with Crippen molar-refractivity contribution in [2.45, 2.75) is 69.2 Å². The van der Waals surface area contributed by atoms with Gasteiger partial charge >= 0.3 is 0 Å². The Morgan fingerprint density at radius 2 is 1.97 bits per heavy atom. The summed E-state index contributed by atoms with van der Waals surface area (Å²) in [6.07, 6.45) is 8.46. The molecule has 0 saturated heterocycles. The normalized spacial score (nSPS) is 15.8. The monoisotopic (exact) mass is 415 g/mol. The molecule has 1 amide bonds. The topological polar surface area (TPSA) is 103 Å². The van der Waals surface area contributed by atoms with Crippen LogP contribution in [-0.2, 0) is 11.2 Å². The lowest BCUT2D eigenvalue weighted by Gasteiger charge is -2.20. The van der Waals surface area contributed by atoms with E-state index in [-0.39, 0.29) is 11.7 Å². The number of Topliss-reactive ketones (excluding diaryl/α,β-unsaturated/α-hetero) is 1. The van der Waals surface area contributed by atoms with Crippen molar-refractivity contribution in [2.24, 2.45) is 5.92 Å². The van der Waals surface area contributed by atoms with E-state index in [4.69, 9.17) is 5.84 Å². The summed E-state index contributed by atoms with van der Waals surface area (Å²) in [5.41, 5.74) is 1.00. The molecule has 0 aliphatic heterocycles. The van der Waals surface area contributed by atoms with Gasteiger partial charge in [-0.25, -0.2) is 4.68 Å². The Labute approximate surface area is 175 Å². The van der Waals surface area contributed by atoms with Gasteiger partial charge in [-0.2, -0.15) is 0 Å². The minimum absolute atomic E-state index is 0.0921. The van der Waals surface area contributed by atoms with E-state index < -0.39 is 5.25 Å². The molecule has 1 heterocycles. The van der Waals surface area contributed by atoms with E-state index in [9.17, 15) is 9.59 Å². The number of thioether (sulfide) groups is 1. The summed E-state index contributed by atoms with van der Waals surface area (Å²) in [6.45, 7) is 3.27. The maximum absolute atomic E-state index is 12.6. The van der Waals surface area contributed by atoms with Crippen molar-refractivity contribution in [3.05, 3.63) is 35.7 Å². The first kappa shape index (κ1) is 21.4. The lowest BCUT2D eigenvalue weighted by atomic mass is 9.86. The van der Waals surface area contributed by atoms with E-state index in [1.165, 1.54) is 55.5 Å². The van der Waals surface area contributed by atoms with Crippen molar-refractivity contribution >= 4 is 29.1 Å². The molecule has 1 aromatic carbocycles. The molecule has 1 aromatic heterocycles. The maximum Gasteiger partial charge on any atom is 0.237 e. The third-order valence-corrected chi connectivity index (χ3v) is 6.51. The maximum atomic E-state index is 12.6. The minimum Gasteiger partial charge on any atom is -0.336 e. The number of carbonyl (C=O) groups excluding carboxylic acids is 2. The summed E-state index contributed by atoms with van der Waals surface area (Å²) in [7, 11) is 0. The average molecular weight is 416 g/mol. The van der Waals surface area contributed by atoms with Gasteiger partial charge < -0.3 is 11.2 Å². The highest BCUT2D eigenvalue weighted by Gasteiger charge is 2.21. The third kappa shape index (κ3) is 5.59. The van der Waals surface area contributed by atoms with Crippen LogP contribution >= 0.6 is 11.8 Å². The number of hydrogen-bond acceptors (Lipinski definition) is 6. The molecular weight excluding hydrogens is 386 g/mol. The van der Waals surface area contributed by atoms with Gasteiger partial charge in [-0.05, 0) is 38.3 Å². The molecule has 1 aliphatic rings. The van der Waals surface area contributed by atoms with Crippen LogP contribution in [0.2, 0.25) is 0 Å². The molecule has 1 aliphatic carbocycles. The van der Waals surface area contributed by atoms with Gasteiger partial charge in [0.25, 0.3) is 0 Å². The lowest BCUT2D eigenvalue weighted by molar-refractivity contribution is -0.115. The van der Waals surface area contributed by atoms with Crippen LogP contribution in [0.25, 0.3) is 0 Å². The SMILES string of the molecule is CC(=O)c1ccccc1NC(=O)[C@@H](C)Sc1nnc(CCC2CCCCC2)n1N. The molecule has 0 bridgehead atoms. The Balaban J connectivity index is 1.57. The number of rotatable bonds is 8. The second-order valence-corrected chi connectivity index (χ2v) is 8.97. The standard InChI is InChI=1S/C21H29N5O2S/c1-14(27)17-10-6-7-11-18(17)23-20(28)15(2)29-21-25-24-19(26(21)22)13-12-16-8-4-3-5-9-16/h6-7,10-11,15-16H,3-5,8-9,12-13,22H2,1-2H3,(H,23,28)/t15-/m1/s1. The highest BCUT2D eigenvalue weighted by molar-refractivity contribution is 8.00. The van der Waals surface area contributed by atoms with E-state index >= 15 is 0 Å². The molecule has 156 valence electrons. The zero-order valence-corrected chi connectivity index (χ0v) is 17.9. The molecular formula is C21H29N5O2S. The number of carbonyl (C=O) groups is 2. The van der Waals surface area contributed by atoms with Crippen LogP contribution < -0.4 is 11.2 Å². The number of hydrogen-bond donors (Lipinski definition) is 2. The predicted octanol–water partition coefficient (Wildman–Crippen LogP) is 3.83. The van der Waals surface area contributed by atoms with Crippen LogP contribution in [0.4, 0.5) is 5.69 Å². The summed E-state index contributed by atoms with van der Waals surface area (Å²) in [4.78, 5) is 24.3. The zero-order valence-electron chi connectivity index (χ0n) is 17.1. The molecule has 1 atom stereocenters. The molecule has 1 fully saturated rings. The van der Waals surface area contributed by atoms with Gasteiger partial charge in [0.05, 0.1) is 10.9 Å². The molecule has 2 aromatic rings. The summed E-state index contributed by atoms with van der Waals surface area (Å²) < 4.78 is 1.50. The number of para-hydroxylation sites is 1. The van der Waals surface area contributed by atoms with E-state index in [2.05, 4.69) is 15.5 Å². The summed E-state index contributed by atoms with van der Waals surface area (Å²) in [5, 5.41) is 11.3. The number of aromatic nitrogens is 3. The lowest BCUT2D eigenvalue weighted by Crippen LogP contribution is -2.24. The second kappa shape index (κ2) is 9.91. The number of nitrogens with zero attached hydrogens (tertiary/aromatic N) is 3. The van der Waals surface area contributed by atoms with Crippen LogP contribution in [-0.4, -0.2) is 31.8 Å². The Morgan fingerprint density at radius 3 is 2.69 bits per heavy atom. The van der Waals surface area contributed by atoms with Crippen LogP contribution in [0.5, 0.6) is 0 Å². The smallest absolute Gasteiger partial charge is 0.237 e.